The Bertz CT molecular complexity index is 228. The Labute approximate surface area is 77.2 Å². The molecule has 5 heteroatoms. The first kappa shape index (κ1) is 10.1. The van der Waals surface area contributed by atoms with Crippen LogP contribution in [0.5, 0.6) is 0 Å². The van der Waals surface area contributed by atoms with Crippen LogP contribution in [-0.4, -0.2) is 20.8 Å². The van der Waals surface area contributed by atoms with Gasteiger partial charge in [0.25, 0.3) is 0 Å². The van der Waals surface area contributed by atoms with Gasteiger partial charge in [0.05, 0.1) is 5.70 Å². The molecular weight excluding hydrogens is 173 g/mol. The number of nitrogens with two attached hydrogens (primary N) is 1. The Morgan fingerprint density at radius 3 is 3.08 bits per heavy atom. The molecule has 0 heterocycles. The third kappa shape index (κ3) is 2.75. The van der Waals surface area contributed by atoms with Crippen LogP contribution in [0.1, 0.15) is 6.42 Å². The zero-order valence-corrected chi connectivity index (χ0v) is 7.26. The van der Waals surface area contributed by atoms with Gasteiger partial charge < -0.3 is 15.4 Å². The van der Waals surface area contributed by atoms with Crippen LogP contribution >= 0.6 is 0 Å². The van der Waals surface area contributed by atoms with Gasteiger partial charge >= 0.3 is 7.56 Å². The fraction of sp³-hybridized carbons (Fsp3) is 0.500. The van der Waals surface area contributed by atoms with E-state index in [2.05, 4.69) is 5.32 Å². The molecule has 1 aliphatic carbocycles. The van der Waals surface area contributed by atoms with Gasteiger partial charge in [-0.05, 0) is 18.3 Å². The van der Waals surface area contributed by atoms with Crippen LogP contribution in [0.25, 0.3) is 0 Å². The molecule has 13 heavy (non-hydrogen) atoms. The van der Waals surface area contributed by atoms with Crippen molar-refractivity contribution in [1.29, 1.82) is 0 Å². The summed E-state index contributed by atoms with van der Waals surface area (Å²) >= 11 is 0. The van der Waals surface area contributed by atoms with Crippen LogP contribution in [-0.2, 0) is 0 Å². The van der Waals surface area contributed by atoms with Gasteiger partial charge in [-0.15, -0.1) is 0 Å². The van der Waals surface area contributed by atoms with Crippen molar-refractivity contribution < 1.29 is 8.71 Å². The second-order valence-corrected chi connectivity index (χ2v) is 2.90. The first-order valence-corrected chi connectivity index (χ1v) is 4.18. The Morgan fingerprint density at radius 1 is 1.69 bits per heavy atom. The van der Waals surface area contributed by atoms with Gasteiger partial charge in [0.15, 0.2) is 0 Å². The molecule has 0 fully saturated rings. The Kier molecular flexibility index (Phi) is 3.80. The number of rotatable bonds is 4. The van der Waals surface area contributed by atoms with Gasteiger partial charge in [-0.3, -0.25) is 0 Å². The maximum Gasteiger partial charge on any atom is 0.362 e. The fourth-order valence-corrected chi connectivity index (χ4v) is 1.21. The number of hydrogen-bond acceptors (Lipinski definition) is 2. The molecule has 0 bridgehead atoms. The molecule has 1 aliphatic rings. The van der Waals surface area contributed by atoms with Gasteiger partial charge in [0.2, 0.25) is 0 Å². The van der Waals surface area contributed by atoms with Crippen molar-refractivity contribution in [2.75, 3.05) is 13.2 Å². The van der Waals surface area contributed by atoms with Gasteiger partial charge in [-0.2, -0.15) is 0 Å². The molecule has 0 saturated heterocycles. The molecule has 3 N–H and O–H groups in total. The third-order valence-corrected chi connectivity index (χ3v) is 1.91. The van der Waals surface area contributed by atoms with Gasteiger partial charge in [0, 0.05) is 12.2 Å². The molecular formula is C8H12BF2N2. The molecule has 1 unspecified atom stereocenters. The molecule has 71 valence electrons. The number of halogens is 2. The minimum Gasteiger partial charge on any atom is -0.397 e. The van der Waals surface area contributed by atoms with Crippen LogP contribution in [0.15, 0.2) is 23.5 Å². The summed E-state index contributed by atoms with van der Waals surface area (Å²) in [6, 6.07) is 0. The molecule has 0 aliphatic heterocycles. The van der Waals surface area contributed by atoms with E-state index >= 15 is 0 Å². The van der Waals surface area contributed by atoms with E-state index in [0.29, 0.717) is 19.7 Å². The summed E-state index contributed by atoms with van der Waals surface area (Å²) in [6.45, 7) is -0.229. The molecule has 0 aromatic heterocycles. The summed E-state index contributed by atoms with van der Waals surface area (Å²) < 4.78 is 24.0. The van der Waals surface area contributed by atoms with Gasteiger partial charge in [-0.1, -0.05) is 6.08 Å². The maximum absolute atomic E-state index is 12.2. The van der Waals surface area contributed by atoms with E-state index in [1.165, 1.54) is 0 Å². The average Bonchev–Trinajstić information content (AvgIpc) is 2.17. The van der Waals surface area contributed by atoms with Crippen molar-refractivity contribution >= 4 is 7.56 Å². The molecule has 0 aromatic rings. The monoisotopic (exact) mass is 185 g/mol. The van der Waals surface area contributed by atoms with E-state index in [4.69, 9.17) is 5.73 Å². The van der Waals surface area contributed by atoms with E-state index in [9.17, 15) is 8.71 Å². The maximum atomic E-state index is 12.2. The average molecular weight is 185 g/mol. The quantitative estimate of drug-likeness (QED) is 0.642. The summed E-state index contributed by atoms with van der Waals surface area (Å²) in [4.78, 5) is 0. The van der Waals surface area contributed by atoms with E-state index in [1.807, 2.05) is 0 Å². The predicted molar refractivity (Wildman–Crippen MR) is 49.6 cm³/mol. The van der Waals surface area contributed by atoms with E-state index in [1.54, 1.807) is 12.2 Å². The highest BCUT2D eigenvalue weighted by atomic mass is 19.1. The Hall–Kier alpha value is -0.995. The lowest BCUT2D eigenvalue weighted by molar-refractivity contribution is 0.478. The van der Waals surface area contributed by atoms with E-state index in [-0.39, 0.29) is 12.4 Å². The number of alkyl halides is 1. The standard InChI is InChI=1S/C8H12BF2N2/c10-3-4-13-8-5-6(9-11)1-2-7(8)12/h1-2,6,13H,3-5,12H2. The molecule has 1 radical (unpaired) electrons. The van der Waals surface area contributed by atoms with Crippen molar-refractivity contribution in [3.8, 4) is 0 Å². The van der Waals surface area contributed by atoms with Crippen LogP contribution in [0, 0.1) is 0 Å². The Balaban J connectivity index is 2.54. The van der Waals surface area contributed by atoms with Crippen molar-refractivity contribution in [2.45, 2.75) is 12.2 Å². The van der Waals surface area contributed by atoms with Gasteiger partial charge in [-0.25, -0.2) is 4.39 Å². The summed E-state index contributed by atoms with van der Waals surface area (Å²) in [7, 11) is 0.611. The van der Waals surface area contributed by atoms with E-state index < -0.39 is 6.67 Å². The lowest BCUT2D eigenvalue weighted by Crippen LogP contribution is -2.23. The van der Waals surface area contributed by atoms with Crippen LogP contribution in [0.4, 0.5) is 8.71 Å². The topological polar surface area (TPSA) is 38.0 Å². The minimum absolute atomic E-state index is 0.225. The minimum atomic E-state index is -0.454. The second kappa shape index (κ2) is 4.89. The highest BCUT2D eigenvalue weighted by molar-refractivity contribution is 6.29. The SMILES string of the molecule is NC1=C(NCCF)CC([B]F)C=C1. The summed E-state index contributed by atoms with van der Waals surface area (Å²) in [5, 5.41) is 2.83. The summed E-state index contributed by atoms with van der Waals surface area (Å²) in [5.74, 6) is -0.241. The van der Waals surface area contributed by atoms with Gasteiger partial charge in [0.1, 0.15) is 6.67 Å². The molecule has 1 atom stereocenters. The lowest BCUT2D eigenvalue weighted by Gasteiger charge is -2.18. The normalized spacial score (nSPS) is 21.8. The number of allylic oxidation sites excluding steroid dienone is 3. The lowest BCUT2D eigenvalue weighted by atomic mass is 9.77. The first-order chi connectivity index (χ1) is 6.27. The van der Waals surface area contributed by atoms with Crippen LogP contribution in [0.3, 0.4) is 0 Å². The van der Waals surface area contributed by atoms with Crippen molar-refractivity contribution in [1.82, 2.24) is 5.32 Å². The summed E-state index contributed by atoms with van der Waals surface area (Å²) in [6.07, 6.45) is 3.82. The zero-order chi connectivity index (χ0) is 9.68. The molecule has 0 saturated carbocycles. The van der Waals surface area contributed by atoms with E-state index in [0.717, 1.165) is 5.70 Å². The smallest absolute Gasteiger partial charge is 0.362 e. The van der Waals surface area contributed by atoms with Crippen LogP contribution in [0.2, 0.25) is 5.82 Å². The third-order valence-electron chi connectivity index (χ3n) is 1.91. The molecule has 0 aromatic carbocycles. The number of nitrogens with one attached hydrogen (secondary N) is 1. The fourth-order valence-electron chi connectivity index (χ4n) is 1.21. The largest absolute Gasteiger partial charge is 0.397 e. The van der Waals surface area contributed by atoms with Crippen molar-refractivity contribution in [3.05, 3.63) is 23.5 Å². The molecule has 0 spiro atoms. The van der Waals surface area contributed by atoms with Crippen molar-refractivity contribution in [3.63, 3.8) is 0 Å². The predicted octanol–water partition coefficient (Wildman–Crippen LogP) is 1.05. The number of hydrogen-bond donors (Lipinski definition) is 2. The highest BCUT2D eigenvalue weighted by Gasteiger charge is 2.15. The molecule has 0 amide bonds. The second-order valence-electron chi connectivity index (χ2n) is 2.90. The highest BCUT2D eigenvalue weighted by Crippen LogP contribution is 2.23. The Morgan fingerprint density at radius 2 is 2.46 bits per heavy atom. The zero-order valence-electron chi connectivity index (χ0n) is 7.26. The van der Waals surface area contributed by atoms with Crippen molar-refractivity contribution in [2.24, 2.45) is 5.73 Å². The molecule has 2 nitrogen and oxygen atoms in total. The summed E-state index contributed by atoms with van der Waals surface area (Å²) in [5.41, 5.74) is 6.89. The first-order valence-electron chi connectivity index (χ1n) is 4.18. The van der Waals surface area contributed by atoms with Crippen LogP contribution < -0.4 is 11.1 Å². The molecule has 1 rings (SSSR count).